The summed E-state index contributed by atoms with van der Waals surface area (Å²) >= 11 is 2.98. The lowest BCUT2D eigenvalue weighted by Crippen LogP contribution is -2.40. The molecule has 164 valence electrons. The molecule has 0 spiro atoms. The average molecular weight is 460 g/mol. The predicted octanol–water partition coefficient (Wildman–Crippen LogP) is 2.87. The molecule has 0 atom stereocenters. The number of carbonyl (C=O) groups is 1. The standard InChI is InChI=1S/C21H25N5O3S2/c27-16(22-14-5-2-1-3-6-14)13-26-19-18(17(23-20(26)28)15-7-4-12-30-15)24-21(31-19)25-8-10-29-11-9-25/h4,7,12,14H,1-3,5-6,8-11,13H2,(H,22,27). The van der Waals surface area contributed by atoms with E-state index in [2.05, 4.69) is 15.2 Å². The second-order valence-corrected chi connectivity index (χ2v) is 9.86. The van der Waals surface area contributed by atoms with Crippen LogP contribution >= 0.6 is 22.7 Å². The summed E-state index contributed by atoms with van der Waals surface area (Å²) < 4.78 is 6.94. The van der Waals surface area contributed by atoms with E-state index in [9.17, 15) is 9.59 Å². The average Bonchev–Trinajstić information content (AvgIpc) is 3.47. The maximum atomic E-state index is 13.0. The van der Waals surface area contributed by atoms with Crippen LogP contribution in [0.25, 0.3) is 20.9 Å². The first-order valence-electron chi connectivity index (χ1n) is 10.8. The molecule has 1 saturated heterocycles. The number of hydrogen-bond donors (Lipinski definition) is 1. The highest BCUT2D eigenvalue weighted by atomic mass is 32.1. The van der Waals surface area contributed by atoms with Crippen LogP contribution in [-0.2, 0) is 16.1 Å². The number of aromatic nitrogens is 3. The van der Waals surface area contributed by atoms with E-state index in [0.29, 0.717) is 29.3 Å². The van der Waals surface area contributed by atoms with Gasteiger partial charge in [0.25, 0.3) is 0 Å². The molecule has 1 aliphatic carbocycles. The predicted molar refractivity (Wildman–Crippen MR) is 123 cm³/mol. The van der Waals surface area contributed by atoms with Gasteiger partial charge in [-0.25, -0.2) is 9.78 Å². The van der Waals surface area contributed by atoms with Gasteiger partial charge in [-0.1, -0.05) is 36.7 Å². The molecule has 0 unspecified atom stereocenters. The number of thiazole rings is 1. The zero-order valence-corrected chi connectivity index (χ0v) is 18.8. The van der Waals surface area contributed by atoms with Gasteiger partial charge in [-0.3, -0.25) is 9.36 Å². The van der Waals surface area contributed by atoms with Crippen molar-refractivity contribution in [3.05, 3.63) is 28.0 Å². The summed E-state index contributed by atoms with van der Waals surface area (Å²) in [5.41, 5.74) is 0.862. The Kier molecular flexibility index (Phi) is 6.02. The number of nitrogens with zero attached hydrogens (tertiary/aromatic N) is 4. The zero-order valence-electron chi connectivity index (χ0n) is 17.2. The highest BCUT2D eigenvalue weighted by Gasteiger charge is 2.23. The second kappa shape index (κ2) is 9.05. The molecule has 3 aromatic heterocycles. The summed E-state index contributed by atoms with van der Waals surface area (Å²) in [6.45, 7) is 2.79. The highest BCUT2D eigenvalue weighted by molar-refractivity contribution is 7.22. The first kappa shape index (κ1) is 20.6. The van der Waals surface area contributed by atoms with Crippen LogP contribution in [0.4, 0.5) is 5.13 Å². The fraction of sp³-hybridized carbons (Fsp3) is 0.524. The molecule has 2 fully saturated rings. The third-order valence-electron chi connectivity index (χ3n) is 5.81. The molecule has 1 amide bonds. The van der Waals surface area contributed by atoms with E-state index in [1.807, 2.05) is 17.5 Å². The SMILES string of the molecule is O=C(Cn1c(=O)nc(-c2cccs2)c2nc(N3CCOCC3)sc21)NC1CCCCC1. The van der Waals surface area contributed by atoms with Crippen LogP contribution in [0.3, 0.4) is 0 Å². The number of amides is 1. The number of morpholine rings is 1. The molecule has 8 nitrogen and oxygen atoms in total. The van der Waals surface area contributed by atoms with Gasteiger partial charge in [-0.15, -0.1) is 11.3 Å². The maximum absolute atomic E-state index is 13.0. The zero-order chi connectivity index (χ0) is 21.2. The summed E-state index contributed by atoms with van der Waals surface area (Å²) in [5.74, 6) is -0.137. The van der Waals surface area contributed by atoms with Crippen molar-refractivity contribution in [2.75, 3.05) is 31.2 Å². The molecule has 10 heteroatoms. The largest absolute Gasteiger partial charge is 0.378 e. The Morgan fingerprint density at radius 3 is 2.74 bits per heavy atom. The van der Waals surface area contributed by atoms with Crippen molar-refractivity contribution in [3.8, 4) is 10.6 Å². The van der Waals surface area contributed by atoms with Crippen LogP contribution in [0.2, 0.25) is 0 Å². The summed E-state index contributed by atoms with van der Waals surface area (Å²) in [7, 11) is 0. The van der Waals surface area contributed by atoms with E-state index < -0.39 is 5.69 Å². The van der Waals surface area contributed by atoms with Gasteiger partial charge in [-0.2, -0.15) is 4.98 Å². The lowest BCUT2D eigenvalue weighted by molar-refractivity contribution is -0.122. The lowest BCUT2D eigenvalue weighted by Gasteiger charge is -2.25. The summed E-state index contributed by atoms with van der Waals surface area (Å²) in [6, 6.07) is 4.09. The van der Waals surface area contributed by atoms with Crippen molar-refractivity contribution in [1.82, 2.24) is 19.9 Å². The number of carbonyl (C=O) groups excluding carboxylic acids is 1. The van der Waals surface area contributed by atoms with Gasteiger partial charge in [0.1, 0.15) is 22.6 Å². The quantitative estimate of drug-likeness (QED) is 0.631. The Labute approximate surface area is 187 Å². The van der Waals surface area contributed by atoms with Crippen molar-refractivity contribution in [3.63, 3.8) is 0 Å². The number of nitrogens with one attached hydrogen (secondary N) is 1. The molecule has 2 aliphatic rings. The number of hydrogen-bond acceptors (Lipinski definition) is 8. The van der Waals surface area contributed by atoms with Crippen LogP contribution in [0.15, 0.2) is 22.3 Å². The van der Waals surface area contributed by atoms with Crippen LogP contribution in [0.1, 0.15) is 32.1 Å². The van der Waals surface area contributed by atoms with E-state index in [1.165, 1.54) is 33.7 Å². The number of anilines is 1. The van der Waals surface area contributed by atoms with E-state index >= 15 is 0 Å². The fourth-order valence-corrected chi connectivity index (χ4v) is 6.04. The van der Waals surface area contributed by atoms with Gasteiger partial charge in [0.05, 0.1) is 18.1 Å². The molecule has 0 aromatic carbocycles. The summed E-state index contributed by atoms with van der Waals surface area (Å²) in [6.07, 6.45) is 5.53. The highest BCUT2D eigenvalue weighted by Crippen LogP contribution is 2.35. The van der Waals surface area contributed by atoms with Crippen molar-refractivity contribution >= 4 is 44.1 Å². The molecule has 1 N–H and O–H groups in total. The Morgan fingerprint density at radius 2 is 2.00 bits per heavy atom. The molecule has 4 heterocycles. The van der Waals surface area contributed by atoms with Gasteiger partial charge in [0, 0.05) is 19.1 Å². The first-order valence-corrected chi connectivity index (χ1v) is 12.5. The Hall–Kier alpha value is -2.30. The number of rotatable bonds is 5. The topological polar surface area (TPSA) is 89.3 Å². The summed E-state index contributed by atoms with van der Waals surface area (Å²) in [4.78, 5) is 38.7. The minimum absolute atomic E-state index is 0.0334. The Bertz CT molecular complexity index is 1110. The van der Waals surface area contributed by atoms with Gasteiger partial charge in [0.15, 0.2) is 5.13 Å². The smallest absolute Gasteiger partial charge is 0.349 e. The normalized spacial score (nSPS) is 17.9. The first-order chi connectivity index (χ1) is 15.2. The van der Waals surface area contributed by atoms with Gasteiger partial charge in [0.2, 0.25) is 5.91 Å². The molecule has 0 radical (unpaired) electrons. The molecule has 5 rings (SSSR count). The Morgan fingerprint density at radius 1 is 1.19 bits per heavy atom. The maximum Gasteiger partial charge on any atom is 0.349 e. The molecule has 1 saturated carbocycles. The van der Waals surface area contributed by atoms with E-state index in [1.54, 1.807) is 0 Å². The molecular formula is C21H25N5O3S2. The van der Waals surface area contributed by atoms with E-state index in [0.717, 1.165) is 48.8 Å². The molecule has 0 bridgehead atoms. The fourth-order valence-electron chi connectivity index (χ4n) is 4.21. The van der Waals surface area contributed by atoms with Gasteiger partial charge in [-0.05, 0) is 24.3 Å². The lowest BCUT2D eigenvalue weighted by atomic mass is 9.95. The van der Waals surface area contributed by atoms with Crippen molar-refractivity contribution in [1.29, 1.82) is 0 Å². The minimum atomic E-state index is -0.410. The van der Waals surface area contributed by atoms with Crippen molar-refractivity contribution in [2.24, 2.45) is 0 Å². The van der Waals surface area contributed by atoms with Crippen LogP contribution in [-0.4, -0.2) is 52.8 Å². The van der Waals surface area contributed by atoms with E-state index in [4.69, 9.17) is 9.72 Å². The Balaban J connectivity index is 1.51. The third-order valence-corrected chi connectivity index (χ3v) is 7.83. The molecule has 3 aromatic rings. The van der Waals surface area contributed by atoms with Crippen molar-refractivity contribution in [2.45, 2.75) is 44.7 Å². The van der Waals surface area contributed by atoms with Crippen LogP contribution < -0.4 is 15.9 Å². The van der Waals surface area contributed by atoms with Gasteiger partial charge < -0.3 is 15.0 Å². The number of fused-ring (bicyclic) bond motifs is 1. The molecular weight excluding hydrogens is 434 g/mol. The monoisotopic (exact) mass is 459 g/mol. The van der Waals surface area contributed by atoms with Crippen LogP contribution in [0, 0.1) is 0 Å². The van der Waals surface area contributed by atoms with Crippen LogP contribution in [0.5, 0.6) is 0 Å². The second-order valence-electron chi connectivity index (χ2n) is 7.96. The van der Waals surface area contributed by atoms with Crippen molar-refractivity contribution < 1.29 is 9.53 Å². The number of ether oxygens (including phenoxy) is 1. The molecule has 31 heavy (non-hydrogen) atoms. The molecule has 1 aliphatic heterocycles. The summed E-state index contributed by atoms with van der Waals surface area (Å²) in [5, 5.41) is 5.90. The van der Waals surface area contributed by atoms with E-state index in [-0.39, 0.29) is 18.5 Å². The van der Waals surface area contributed by atoms with Gasteiger partial charge >= 0.3 is 5.69 Å². The number of thiophene rings is 1. The third kappa shape index (κ3) is 4.37. The minimum Gasteiger partial charge on any atom is -0.378 e.